The van der Waals surface area contributed by atoms with Gasteiger partial charge < -0.3 is 14.8 Å². The van der Waals surface area contributed by atoms with E-state index in [4.69, 9.17) is 23.2 Å². The van der Waals surface area contributed by atoms with Gasteiger partial charge in [0.1, 0.15) is 0 Å². The van der Waals surface area contributed by atoms with Crippen molar-refractivity contribution in [1.82, 2.24) is 0 Å². The maximum absolute atomic E-state index is 11.7. The summed E-state index contributed by atoms with van der Waals surface area (Å²) in [5.41, 5.74) is 0.438. The highest BCUT2D eigenvalue weighted by Crippen LogP contribution is 2.35. The van der Waals surface area contributed by atoms with Crippen LogP contribution in [0.15, 0.2) is 18.2 Å². The molecule has 0 saturated carbocycles. The lowest BCUT2D eigenvalue weighted by molar-refractivity contribution is -0.310. The van der Waals surface area contributed by atoms with Crippen molar-refractivity contribution >= 4 is 40.8 Å². The molecular formula is C11H8Cl2NO3-. The van der Waals surface area contributed by atoms with Gasteiger partial charge in [-0.05, 0) is 12.1 Å². The SMILES string of the molecule is O=C([O-])C1CC(=O)N(c2cccc(Cl)c2Cl)C1. The number of aliphatic carboxylic acids is 1. The molecular weight excluding hydrogens is 265 g/mol. The van der Waals surface area contributed by atoms with Crippen molar-refractivity contribution < 1.29 is 14.7 Å². The Labute approximate surface area is 108 Å². The number of carboxylic acid groups (broad SMARTS) is 1. The van der Waals surface area contributed by atoms with E-state index in [1.807, 2.05) is 0 Å². The number of halogens is 2. The Kier molecular flexibility index (Phi) is 3.26. The second kappa shape index (κ2) is 4.55. The predicted octanol–water partition coefficient (Wildman–Crippen LogP) is 1.10. The highest BCUT2D eigenvalue weighted by molar-refractivity contribution is 6.44. The minimum atomic E-state index is -1.22. The number of carbonyl (C=O) groups excluding carboxylic acids is 2. The van der Waals surface area contributed by atoms with E-state index in [9.17, 15) is 14.7 Å². The lowest BCUT2D eigenvalue weighted by Gasteiger charge is -2.18. The highest BCUT2D eigenvalue weighted by atomic mass is 35.5. The zero-order valence-electron chi connectivity index (χ0n) is 8.65. The van der Waals surface area contributed by atoms with Gasteiger partial charge in [-0.25, -0.2) is 0 Å². The van der Waals surface area contributed by atoms with Crippen molar-refractivity contribution in [2.24, 2.45) is 5.92 Å². The Hall–Kier alpha value is -1.26. The highest BCUT2D eigenvalue weighted by Gasteiger charge is 2.32. The molecule has 0 aromatic heterocycles. The van der Waals surface area contributed by atoms with Gasteiger partial charge in [-0.3, -0.25) is 4.79 Å². The number of benzene rings is 1. The fourth-order valence-electron chi connectivity index (χ4n) is 1.80. The van der Waals surface area contributed by atoms with Crippen LogP contribution >= 0.6 is 23.2 Å². The van der Waals surface area contributed by atoms with Gasteiger partial charge in [0, 0.05) is 24.9 Å². The molecule has 0 aliphatic carbocycles. The fourth-order valence-corrected chi connectivity index (χ4v) is 2.20. The Morgan fingerprint density at radius 3 is 2.71 bits per heavy atom. The molecule has 0 radical (unpaired) electrons. The third-order valence-corrected chi connectivity index (χ3v) is 3.49. The molecule has 0 bridgehead atoms. The van der Waals surface area contributed by atoms with Crippen LogP contribution in [0.1, 0.15) is 6.42 Å². The van der Waals surface area contributed by atoms with Crippen LogP contribution in [-0.4, -0.2) is 18.4 Å². The monoisotopic (exact) mass is 272 g/mol. The van der Waals surface area contributed by atoms with Gasteiger partial charge in [0.05, 0.1) is 15.7 Å². The van der Waals surface area contributed by atoms with Crippen LogP contribution in [0.2, 0.25) is 10.0 Å². The molecule has 1 aromatic carbocycles. The minimum Gasteiger partial charge on any atom is -0.550 e. The van der Waals surface area contributed by atoms with Crippen LogP contribution < -0.4 is 10.0 Å². The van der Waals surface area contributed by atoms with E-state index in [0.717, 1.165) is 0 Å². The van der Waals surface area contributed by atoms with Crippen molar-refractivity contribution in [3.63, 3.8) is 0 Å². The van der Waals surface area contributed by atoms with Crippen LogP contribution in [0.3, 0.4) is 0 Å². The van der Waals surface area contributed by atoms with E-state index in [-0.39, 0.29) is 23.9 Å². The largest absolute Gasteiger partial charge is 0.550 e. The first-order chi connectivity index (χ1) is 8.00. The number of rotatable bonds is 2. The fraction of sp³-hybridized carbons (Fsp3) is 0.273. The number of anilines is 1. The number of amides is 1. The standard InChI is InChI=1S/C11H9Cl2NO3/c12-7-2-1-3-8(10(7)13)14-5-6(11(16)17)4-9(14)15/h1-3,6H,4-5H2,(H,16,17)/p-1. The summed E-state index contributed by atoms with van der Waals surface area (Å²) >= 11 is 11.8. The number of nitrogens with zero attached hydrogens (tertiary/aromatic N) is 1. The van der Waals surface area contributed by atoms with Gasteiger partial charge in [-0.2, -0.15) is 0 Å². The van der Waals surface area contributed by atoms with Crippen molar-refractivity contribution in [2.45, 2.75) is 6.42 Å². The van der Waals surface area contributed by atoms with E-state index in [1.54, 1.807) is 18.2 Å². The van der Waals surface area contributed by atoms with Crippen molar-refractivity contribution in [1.29, 1.82) is 0 Å². The summed E-state index contributed by atoms with van der Waals surface area (Å²) in [6.07, 6.45) is -0.0643. The van der Waals surface area contributed by atoms with Gasteiger partial charge >= 0.3 is 0 Å². The molecule has 0 spiro atoms. The number of carboxylic acids is 1. The van der Waals surface area contributed by atoms with Gasteiger partial charge in [-0.15, -0.1) is 0 Å². The van der Waals surface area contributed by atoms with Gasteiger partial charge in [0.25, 0.3) is 0 Å². The van der Waals surface area contributed by atoms with Crippen LogP contribution in [0.5, 0.6) is 0 Å². The summed E-state index contributed by atoms with van der Waals surface area (Å²) in [6, 6.07) is 4.89. The Balaban J connectivity index is 2.32. The van der Waals surface area contributed by atoms with Crippen molar-refractivity contribution in [3.8, 4) is 0 Å². The van der Waals surface area contributed by atoms with Crippen molar-refractivity contribution in [2.75, 3.05) is 11.4 Å². The molecule has 1 saturated heterocycles. The smallest absolute Gasteiger partial charge is 0.227 e. The summed E-state index contributed by atoms with van der Waals surface area (Å²) in [4.78, 5) is 23.7. The lowest BCUT2D eigenvalue weighted by atomic mass is 10.1. The summed E-state index contributed by atoms with van der Waals surface area (Å²) < 4.78 is 0. The zero-order valence-corrected chi connectivity index (χ0v) is 10.2. The quantitative estimate of drug-likeness (QED) is 0.810. The Morgan fingerprint density at radius 2 is 2.12 bits per heavy atom. The third-order valence-electron chi connectivity index (χ3n) is 2.68. The first kappa shape index (κ1) is 12.2. The molecule has 17 heavy (non-hydrogen) atoms. The van der Waals surface area contributed by atoms with Gasteiger partial charge in [-0.1, -0.05) is 29.3 Å². The Morgan fingerprint density at radius 1 is 1.41 bits per heavy atom. The second-order valence-corrected chi connectivity index (χ2v) is 4.58. The average molecular weight is 273 g/mol. The molecule has 0 N–H and O–H groups in total. The molecule has 4 nitrogen and oxygen atoms in total. The molecule has 1 aliphatic rings. The van der Waals surface area contributed by atoms with Crippen molar-refractivity contribution in [3.05, 3.63) is 28.2 Å². The van der Waals surface area contributed by atoms with Crippen LogP contribution in [0, 0.1) is 5.92 Å². The van der Waals surface area contributed by atoms with E-state index >= 15 is 0 Å². The normalized spacial score (nSPS) is 19.8. The number of hydrogen-bond acceptors (Lipinski definition) is 3. The molecule has 1 aliphatic heterocycles. The third kappa shape index (κ3) is 2.23. The molecule has 1 heterocycles. The molecule has 1 aromatic rings. The molecule has 1 fully saturated rings. The predicted molar refractivity (Wildman–Crippen MR) is 61.9 cm³/mol. The van der Waals surface area contributed by atoms with E-state index < -0.39 is 11.9 Å². The average Bonchev–Trinajstić information content (AvgIpc) is 2.65. The summed E-state index contributed by atoms with van der Waals surface area (Å²) in [6.45, 7) is 0.0707. The second-order valence-electron chi connectivity index (χ2n) is 3.80. The minimum absolute atomic E-state index is 0.0643. The molecule has 1 unspecified atom stereocenters. The molecule has 2 rings (SSSR count). The summed E-state index contributed by atoms with van der Waals surface area (Å²) in [5, 5.41) is 11.3. The van der Waals surface area contributed by atoms with Gasteiger partial charge in [0.15, 0.2) is 0 Å². The molecule has 1 atom stereocenters. The van der Waals surface area contributed by atoms with E-state index in [2.05, 4.69) is 0 Å². The number of carbonyl (C=O) groups is 2. The maximum Gasteiger partial charge on any atom is 0.227 e. The molecule has 1 amide bonds. The topological polar surface area (TPSA) is 60.4 Å². The zero-order chi connectivity index (χ0) is 12.6. The molecule has 90 valence electrons. The van der Waals surface area contributed by atoms with Crippen LogP contribution in [-0.2, 0) is 9.59 Å². The first-order valence-corrected chi connectivity index (χ1v) is 5.71. The maximum atomic E-state index is 11.7. The Bertz CT molecular complexity index is 490. The lowest BCUT2D eigenvalue weighted by Crippen LogP contribution is -2.33. The van der Waals surface area contributed by atoms with E-state index in [0.29, 0.717) is 10.7 Å². The van der Waals surface area contributed by atoms with E-state index in [1.165, 1.54) is 4.90 Å². The summed E-state index contributed by atoms with van der Waals surface area (Å²) in [7, 11) is 0. The van der Waals surface area contributed by atoms with Crippen LogP contribution in [0.25, 0.3) is 0 Å². The summed E-state index contributed by atoms with van der Waals surface area (Å²) in [5.74, 6) is -2.31. The first-order valence-electron chi connectivity index (χ1n) is 4.96. The van der Waals surface area contributed by atoms with Crippen LogP contribution in [0.4, 0.5) is 5.69 Å². The number of hydrogen-bond donors (Lipinski definition) is 0. The van der Waals surface area contributed by atoms with Gasteiger partial charge in [0.2, 0.25) is 5.91 Å². The molecule has 6 heteroatoms.